The molecule has 0 spiro atoms. The molecule has 0 unspecified atom stereocenters. The van der Waals surface area contributed by atoms with E-state index in [0.29, 0.717) is 0 Å². The minimum Gasteiger partial charge on any atom is -0.322 e. The van der Waals surface area contributed by atoms with Crippen LogP contribution in [0.4, 0.5) is 23.2 Å². The van der Waals surface area contributed by atoms with E-state index in [1.54, 1.807) is 0 Å². The number of anilines is 1. The number of alkyl halides is 3. The van der Waals surface area contributed by atoms with Gasteiger partial charge in [-0.25, -0.2) is 9.37 Å². The minimum atomic E-state index is -4.58. The number of nitrogens with one attached hydrogen (secondary N) is 1. The molecule has 116 valence electrons. The van der Waals surface area contributed by atoms with Gasteiger partial charge in [0.15, 0.2) is 0 Å². The molecule has 2 rings (SSSR count). The number of carbonyl (C=O) groups excluding carboxylic acids is 1. The Kier molecular flexibility index (Phi) is 4.37. The predicted octanol–water partition coefficient (Wildman–Crippen LogP) is 4.45. The Balaban J connectivity index is 2.24. The molecule has 1 amide bonds. The van der Waals surface area contributed by atoms with Crippen LogP contribution in [0.1, 0.15) is 21.7 Å². The molecule has 0 aliphatic rings. The second-order valence-corrected chi connectivity index (χ2v) is 4.82. The number of carbonyl (C=O) groups is 1. The van der Waals surface area contributed by atoms with Gasteiger partial charge in [0.25, 0.3) is 5.91 Å². The van der Waals surface area contributed by atoms with Crippen molar-refractivity contribution < 1.29 is 22.4 Å². The average Bonchev–Trinajstić information content (AvgIpc) is 2.41. The molecule has 0 atom stereocenters. The van der Waals surface area contributed by atoms with Gasteiger partial charge in [0.1, 0.15) is 11.5 Å². The first kappa shape index (κ1) is 16.2. The van der Waals surface area contributed by atoms with Gasteiger partial charge in [-0.15, -0.1) is 0 Å². The van der Waals surface area contributed by atoms with Crippen LogP contribution in [0, 0.1) is 12.7 Å². The smallest absolute Gasteiger partial charge is 0.322 e. The maximum Gasteiger partial charge on any atom is 0.433 e. The van der Waals surface area contributed by atoms with E-state index in [4.69, 9.17) is 11.6 Å². The van der Waals surface area contributed by atoms with Crippen molar-refractivity contribution in [2.75, 3.05) is 5.32 Å². The average molecular weight is 333 g/mol. The molecule has 1 N–H and O–H groups in total. The van der Waals surface area contributed by atoms with Crippen LogP contribution < -0.4 is 5.32 Å². The molecular weight excluding hydrogens is 324 g/mol. The van der Waals surface area contributed by atoms with Gasteiger partial charge in [-0.2, -0.15) is 13.2 Å². The van der Waals surface area contributed by atoms with Crippen LogP contribution in [-0.4, -0.2) is 10.9 Å². The zero-order chi connectivity index (χ0) is 16.5. The Labute approximate surface area is 127 Å². The van der Waals surface area contributed by atoms with Crippen LogP contribution in [0.15, 0.2) is 30.3 Å². The third-order valence-corrected chi connectivity index (χ3v) is 3.09. The molecule has 1 aromatic carbocycles. The first-order valence-corrected chi connectivity index (χ1v) is 6.37. The first-order chi connectivity index (χ1) is 10.2. The maximum atomic E-state index is 13.0. The van der Waals surface area contributed by atoms with Crippen LogP contribution in [0.5, 0.6) is 0 Å². The molecule has 0 bridgehead atoms. The van der Waals surface area contributed by atoms with Crippen molar-refractivity contribution in [2.24, 2.45) is 0 Å². The molecule has 2 aromatic rings. The normalized spacial score (nSPS) is 11.4. The van der Waals surface area contributed by atoms with Gasteiger partial charge in [0, 0.05) is 5.69 Å². The summed E-state index contributed by atoms with van der Waals surface area (Å²) in [7, 11) is 0. The third kappa shape index (κ3) is 3.54. The van der Waals surface area contributed by atoms with E-state index in [9.17, 15) is 22.4 Å². The van der Waals surface area contributed by atoms with Crippen molar-refractivity contribution in [3.8, 4) is 0 Å². The van der Waals surface area contributed by atoms with E-state index in [0.717, 1.165) is 18.2 Å². The van der Waals surface area contributed by atoms with Crippen molar-refractivity contribution in [1.82, 2.24) is 4.98 Å². The number of hydrogen-bond donors (Lipinski definition) is 1. The Morgan fingerprint density at radius 2 is 1.91 bits per heavy atom. The molecule has 0 aliphatic carbocycles. The number of nitrogens with zero attached hydrogens (tertiary/aromatic N) is 1. The number of pyridine rings is 1. The monoisotopic (exact) mass is 332 g/mol. The lowest BCUT2D eigenvalue weighted by Gasteiger charge is -2.10. The van der Waals surface area contributed by atoms with Gasteiger partial charge in [-0.1, -0.05) is 11.6 Å². The molecule has 0 radical (unpaired) electrons. The summed E-state index contributed by atoms with van der Waals surface area (Å²) in [4.78, 5) is 15.4. The highest BCUT2D eigenvalue weighted by atomic mass is 35.5. The second-order valence-electron chi connectivity index (χ2n) is 4.41. The summed E-state index contributed by atoms with van der Waals surface area (Å²) < 4.78 is 50.6. The molecule has 22 heavy (non-hydrogen) atoms. The van der Waals surface area contributed by atoms with Crippen LogP contribution in [0.25, 0.3) is 0 Å². The van der Waals surface area contributed by atoms with Crippen molar-refractivity contribution in [1.29, 1.82) is 0 Å². The van der Waals surface area contributed by atoms with Crippen molar-refractivity contribution >= 4 is 23.2 Å². The number of aryl methyl sites for hydroxylation is 1. The summed E-state index contributed by atoms with van der Waals surface area (Å²) in [5.41, 5.74) is -0.948. The van der Waals surface area contributed by atoms with Gasteiger partial charge in [0.2, 0.25) is 0 Å². The summed E-state index contributed by atoms with van der Waals surface area (Å²) in [5, 5.41) is 2.23. The lowest BCUT2D eigenvalue weighted by atomic mass is 10.1. The fourth-order valence-electron chi connectivity index (χ4n) is 1.73. The highest BCUT2D eigenvalue weighted by Crippen LogP contribution is 2.28. The van der Waals surface area contributed by atoms with E-state index in [1.165, 1.54) is 19.1 Å². The highest BCUT2D eigenvalue weighted by Gasteiger charge is 2.33. The SMILES string of the molecule is Cc1nc(C(F)(F)F)ccc1C(=O)Nc1ccc(F)c(Cl)c1. The summed E-state index contributed by atoms with van der Waals surface area (Å²) >= 11 is 5.58. The lowest BCUT2D eigenvalue weighted by molar-refractivity contribution is -0.141. The van der Waals surface area contributed by atoms with E-state index < -0.39 is 23.6 Å². The number of benzene rings is 1. The number of hydrogen-bond acceptors (Lipinski definition) is 2. The zero-order valence-electron chi connectivity index (χ0n) is 11.1. The zero-order valence-corrected chi connectivity index (χ0v) is 11.9. The van der Waals surface area contributed by atoms with Crippen molar-refractivity contribution in [3.05, 3.63) is 58.1 Å². The summed E-state index contributed by atoms with van der Waals surface area (Å²) in [6, 6.07) is 5.30. The molecule has 0 saturated carbocycles. The molecular formula is C14H9ClF4N2O. The lowest BCUT2D eigenvalue weighted by Crippen LogP contribution is -2.16. The number of amides is 1. The van der Waals surface area contributed by atoms with Gasteiger partial charge < -0.3 is 5.32 Å². The molecule has 0 saturated heterocycles. The number of rotatable bonds is 2. The van der Waals surface area contributed by atoms with Crippen molar-refractivity contribution in [2.45, 2.75) is 13.1 Å². The Hall–Kier alpha value is -2.15. The highest BCUT2D eigenvalue weighted by molar-refractivity contribution is 6.31. The third-order valence-electron chi connectivity index (χ3n) is 2.80. The van der Waals surface area contributed by atoms with Gasteiger partial charge in [-0.3, -0.25) is 4.79 Å². The Morgan fingerprint density at radius 3 is 2.45 bits per heavy atom. The summed E-state index contributed by atoms with van der Waals surface area (Å²) in [6.45, 7) is 1.29. The number of halogens is 5. The molecule has 0 aliphatic heterocycles. The van der Waals surface area contributed by atoms with Crippen molar-refractivity contribution in [3.63, 3.8) is 0 Å². The molecule has 3 nitrogen and oxygen atoms in total. The summed E-state index contributed by atoms with van der Waals surface area (Å²) in [5.74, 6) is -1.31. The van der Waals surface area contributed by atoms with Crippen LogP contribution >= 0.6 is 11.6 Å². The number of aromatic nitrogens is 1. The molecule has 1 heterocycles. The fraction of sp³-hybridized carbons (Fsp3) is 0.143. The quantitative estimate of drug-likeness (QED) is 0.825. The Morgan fingerprint density at radius 1 is 1.23 bits per heavy atom. The summed E-state index contributed by atoms with van der Waals surface area (Å²) in [6.07, 6.45) is -4.58. The van der Waals surface area contributed by atoms with Crippen LogP contribution in [0.2, 0.25) is 5.02 Å². The van der Waals surface area contributed by atoms with Crippen LogP contribution in [-0.2, 0) is 6.18 Å². The van der Waals surface area contributed by atoms with E-state index >= 15 is 0 Å². The predicted molar refractivity (Wildman–Crippen MR) is 73.3 cm³/mol. The van der Waals surface area contributed by atoms with E-state index in [-0.39, 0.29) is 22.0 Å². The van der Waals surface area contributed by atoms with E-state index in [2.05, 4.69) is 10.3 Å². The molecule has 0 fully saturated rings. The fourth-order valence-corrected chi connectivity index (χ4v) is 1.91. The van der Waals surface area contributed by atoms with Gasteiger partial charge in [-0.05, 0) is 37.3 Å². The molecule has 1 aromatic heterocycles. The van der Waals surface area contributed by atoms with Gasteiger partial charge in [0.05, 0.1) is 16.3 Å². The topological polar surface area (TPSA) is 42.0 Å². The maximum absolute atomic E-state index is 13.0. The molecule has 8 heteroatoms. The Bertz CT molecular complexity index is 731. The second kappa shape index (κ2) is 5.92. The standard InChI is InChI=1S/C14H9ClF4N2O/c1-7-9(3-5-12(20-7)14(17,18)19)13(22)21-8-2-4-11(16)10(15)6-8/h2-6H,1H3,(H,21,22). The minimum absolute atomic E-state index is 0.0200. The van der Waals surface area contributed by atoms with E-state index in [1.807, 2.05) is 0 Å². The first-order valence-electron chi connectivity index (χ1n) is 5.99. The van der Waals surface area contributed by atoms with Gasteiger partial charge >= 0.3 is 6.18 Å². The largest absolute Gasteiger partial charge is 0.433 e. The van der Waals surface area contributed by atoms with Crippen LogP contribution in [0.3, 0.4) is 0 Å².